The predicted octanol–water partition coefficient (Wildman–Crippen LogP) is 2.54. The van der Waals surface area contributed by atoms with Gasteiger partial charge in [0.25, 0.3) is 0 Å². The highest BCUT2D eigenvalue weighted by Crippen LogP contribution is 2.25. The minimum atomic E-state index is -0.107. The second kappa shape index (κ2) is 5.97. The third-order valence-electron chi connectivity index (χ3n) is 3.85. The van der Waals surface area contributed by atoms with E-state index >= 15 is 0 Å². The SMILES string of the molecule is CCn1ncc(Cl)c1C(N)CCc1c(C)nn(C)c1C. The average Bonchev–Trinajstić information content (AvgIpc) is 2.89. The van der Waals surface area contributed by atoms with Gasteiger partial charge in [0.1, 0.15) is 0 Å². The van der Waals surface area contributed by atoms with Crippen LogP contribution < -0.4 is 5.73 Å². The molecule has 6 heteroatoms. The van der Waals surface area contributed by atoms with E-state index in [1.165, 1.54) is 11.3 Å². The number of hydrogen-bond donors (Lipinski definition) is 1. The van der Waals surface area contributed by atoms with Crippen LogP contribution in [0.25, 0.3) is 0 Å². The topological polar surface area (TPSA) is 61.7 Å². The number of hydrogen-bond acceptors (Lipinski definition) is 3. The third kappa shape index (κ3) is 2.74. The molecule has 2 rings (SSSR count). The lowest BCUT2D eigenvalue weighted by molar-refractivity contribution is 0.546. The van der Waals surface area contributed by atoms with Crippen LogP contribution >= 0.6 is 11.6 Å². The molecule has 0 aliphatic heterocycles. The van der Waals surface area contributed by atoms with Crippen LogP contribution in [0.3, 0.4) is 0 Å². The Morgan fingerprint density at radius 3 is 2.65 bits per heavy atom. The average molecular weight is 296 g/mol. The molecule has 2 N–H and O–H groups in total. The first-order chi connectivity index (χ1) is 9.45. The second-order valence-electron chi connectivity index (χ2n) is 5.11. The van der Waals surface area contributed by atoms with Crippen LogP contribution in [0, 0.1) is 13.8 Å². The highest BCUT2D eigenvalue weighted by Gasteiger charge is 2.18. The van der Waals surface area contributed by atoms with E-state index in [9.17, 15) is 0 Å². The Balaban J connectivity index is 2.12. The zero-order valence-electron chi connectivity index (χ0n) is 12.5. The van der Waals surface area contributed by atoms with Crippen molar-refractivity contribution in [1.82, 2.24) is 19.6 Å². The van der Waals surface area contributed by atoms with Crippen molar-refractivity contribution in [2.75, 3.05) is 0 Å². The van der Waals surface area contributed by atoms with Crippen LogP contribution in [-0.2, 0) is 20.0 Å². The normalized spacial score (nSPS) is 12.9. The van der Waals surface area contributed by atoms with E-state index in [0.717, 1.165) is 30.8 Å². The standard InChI is InChI=1S/C14H22ClN5/c1-5-20-14(12(15)8-17-20)13(16)7-6-11-9(2)18-19(4)10(11)3/h8,13H,5-7,16H2,1-4H3. The summed E-state index contributed by atoms with van der Waals surface area (Å²) in [6.45, 7) is 6.94. The minimum absolute atomic E-state index is 0.107. The third-order valence-corrected chi connectivity index (χ3v) is 4.14. The van der Waals surface area contributed by atoms with Gasteiger partial charge >= 0.3 is 0 Å². The highest BCUT2D eigenvalue weighted by atomic mass is 35.5. The molecule has 0 aliphatic rings. The maximum absolute atomic E-state index is 6.30. The summed E-state index contributed by atoms with van der Waals surface area (Å²) < 4.78 is 3.79. The molecule has 0 bridgehead atoms. The molecule has 0 saturated carbocycles. The van der Waals surface area contributed by atoms with E-state index in [-0.39, 0.29) is 6.04 Å². The molecule has 0 amide bonds. The van der Waals surface area contributed by atoms with Gasteiger partial charge in [-0.05, 0) is 39.2 Å². The van der Waals surface area contributed by atoms with Gasteiger partial charge in [-0.2, -0.15) is 10.2 Å². The smallest absolute Gasteiger partial charge is 0.0834 e. The summed E-state index contributed by atoms with van der Waals surface area (Å²) in [6, 6.07) is -0.107. The van der Waals surface area contributed by atoms with Crippen molar-refractivity contribution in [3.63, 3.8) is 0 Å². The summed E-state index contributed by atoms with van der Waals surface area (Å²) in [5.74, 6) is 0. The molecule has 0 fully saturated rings. The number of halogens is 1. The van der Waals surface area contributed by atoms with Crippen LogP contribution in [0.5, 0.6) is 0 Å². The van der Waals surface area contributed by atoms with Gasteiger partial charge in [-0.25, -0.2) is 0 Å². The molecule has 0 aliphatic carbocycles. The molecule has 1 atom stereocenters. The molecule has 20 heavy (non-hydrogen) atoms. The summed E-state index contributed by atoms with van der Waals surface area (Å²) in [5.41, 5.74) is 10.8. The van der Waals surface area contributed by atoms with Gasteiger partial charge in [-0.1, -0.05) is 11.6 Å². The van der Waals surface area contributed by atoms with Crippen molar-refractivity contribution < 1.29 is 0 Å². The van der Waals surface area contributed by atoms with Crippen molar-refractivity contribution in [1.29, 1.82) is 0 Å². The van der Waals surface area contributed by atoms with Gasteiger partial charge in [-0.3, -0.25) is 9.36 Å². The molecule has 110 valence electrons. The van der Waals surface area contributed by atoms with Gasteiger partial charge < -0.3 is 5.73 Å². The Kier molecular flexibility index (Phi) is 4.50. The van der Waals surface area contributed by atoms with Crippen LogP contribution in [0.1, 0.15) is 42.0 Å². The molecule has 2 heterocycles. The van der Waals surface area contributed by atoms with Crippen molar-refractivity contribution in [3.05, 3.63) is 33.9 Å². The lowest BCUT2D eigenvalue weighted by Gasteiger charge is -2.14. The van der Waals surface area contributed by atoms with Crippen molar-refractivity contribution >= 4 is 11.6 Å². The molecule has 0 aromatic carbocycles. The van der Waals surface area contributed by atoms with Crippen molar-refractivity contribution in [3.8, 4) is 0 Å². The zero-order chi connectivity index (χ0) is 14.9. The van der Waals surface area contributed by atoms with Gasteiger partial charge in [0.2, 0.25) is 0 Å². The summed E-state index contributed by atoms with van der Waals surface area (Å²) in [5, 5.41) is 9.32. The molecule has 1 unspecified atom stereocenters. The fourth-order valence-corrected chi connectivity index (χ4v) is 2.89. The van der Waals surface area contributed by atoms with E-state index in [0.29, 0.717) is 5.02 Å². The summed E-state index contributed by atoms with van der Waals surface area (Å²) in [7, 11) is 1.97. The molecule has 0 radical (unpaired) electrons. The van der Waals surface area contributed by atoms with E-state index in [1.54, 1.807) is 6.20 Å². The van der Waals surface area contributed by atoms with Crippen LogP contribution in [-0.4, -0.2) is 19.6 Å². The lowest BCUT2D eigenvalue weighted by Crippen LogP contribution is -2.17. The largest absolute Gasteiger partial charge is 0.323 e. The first-order valence-electron chi connectivity index (χ1n) is 6.91. The van der Waals surface area contributed by atoms with E-state index in [2.05, 4.69) is 17.1 Å². The number of nitrogens with two attached hydrogens (primary N) is 1. The van der Waals surface area contributed by atoms with E-state index in [4.69, 9.17) is 17.3 Å². The van der Waals surface area contributed by atoms with Crippen LogP contribution in [0.15, 0.2) is 6.20 Å². The van der Waals surface area contributed by atoms with E-state index < -0.39 is 0 Å². The molecule has 0 spiro atoms. The lowest BCUT2D eigenvalue weighted by atomic mass is 10.0. The predicted molar refractivity (Wildman–Crippen MR) is 80.8 cm³/mol. The summed E-state index contributed by atoms with van der Waals surface area (Å²) in [6.07, 6.45) is 3.40. The maximum Gasteiger partial charge on any atom is 0.0834 e. The summed E-state index contributed by atoms with van der Waals surface area (Å²) >= 11 is 6.19. The molecule has 5 nitrogen and oxygen atoms in total. The molecule has 0 saturated heterocycles. The fourth-order valence-electron chi connectivity index (χ4n) is 2.61. The second-order valence-corrected chi connectivity index (χ2v) is 5.52. The molecular formula is C14H22ClN5. The Morgan fingerprint density at radius 1 is 1.40 bits per heavy atom. The van der Waals surface area contributed by atoms with Gasteiger partial charge in [0.15, 0.2) is 0 Å². The van der Waals surface area contributed by atoms with Crippen LogP contribution in [0.2, 0.25) is 5.02 Å². The minimum Gasteiger partial charge on any atom is -0.323 e. The van der Waals surface area contributed by atoms with Gasteiger partial charge in [0.05, 0.1) is 22.6 Å². The van der Waals surface area contributed by atoms with Crippen LogP contribution in [0.4, 0.5) is 0 Å². The Labute approximate surface area is 124 Å². The van der Waals surface area contributed by atoms with Crippen molar-refractivity contribution in [2.24, 2.45) is 12.8 Å². The number of aryl methyl sites for hydroxylation is 3. The highest BCUT2D eigenvalue weighted by molar-refractivity contribution is 6.31. The monoisotopic (exact) mass is 295 g/mol. The number of rotatable bonds is 5. The first kappa shape index (κ1) is 15.1. The summed E-state index contributed by atoms with van der Waals surface area (Å²) in [4.78, 5) is 0. The van der Waals surface area contributed by atoms with Gasteiger partial charge in [-0.15, -0.1) is 0 Å². The molecule has 2 aromatic heterocycles. The Bertz CT molecular complexity index is 599. The quantitative estimate of drug-likeness (QED) is 0.922. The molecular weight excluding hydrogens is 274 g/mol. The van der Waals surface area contributed by atoms with Gasteiger partial charge in [0, 0.05) is 25.3 Å². The maximum atomic E-state index is 6.30. The Hall–Kier alpha value is -1.33. The number of aromatic nitrogens is 4. The van der Waals surface area contributed by atoms with E-state index in [1.807, 2.05) is 30.3 Å². The number of nitrogens with zero attached hydrogens (tertiary/aromatic N) is 4. The zero-order valence-corrected chi connectivity index (χ0v) is 13.3. The Morgan fingerprint density at radius 2 is 2.10 bits per heavy atom. The molecule has 2 aromatic rings. The first-order valence-corrected chi connectivity index (χ1v) is 7.29. The van der Waals surface area contributed by atoms with Crippen molar-refractivity contribution in [2.45, 2.75) is 46.2 Å². The fraction of sp³-hybridized carbons (Fsp3) is 0.571.